The van der Waals surface area contributed by atoms with Gasteiger partial charge in [-0.2, -0.15) is 0 Å². The fourth-order valence-corrected chi connectivity index (χ4v) is 2.85. The smallest absolute Gasteiger partial charge is 0.229 e. The second-order valence-electron chi connectivity index (χ2n) is 4.60. The van der Waals surface area contributed by atoms with Gasteiger partial charge in [-0.3, -0.25) is 9.78 Å². The maximum absolute atomic E-state index is 12.1. The van der Waals surface area contributed by atoms with Crippen LogP contribution in [0.1, 0.15) is 12.8 Å². The molecule has 2 bridgehead atoms. The van der Waals surface area contributed by atoms with E-state index in [9.17, 15) is 4.79 Å². The summed E-state index contributed by atoms with van der Waals surface area (Å²) in [4.78, 5) is 19.9. The highest BCUT2D eigenvalue weighted by atomic mass is 35.5. The number of hydrogen-bond acceptors (Lipinski definition) is 3. The predicted molar refractivity (Wildman–Crippen MR) is 64.5 cm³/mol. The van der Waals surface area contributed by atoms with E-state index in [0.717, 1.165) is 12.8 Å². The molecule has 2 aliphatic rings. The van der Waals surface area contributed by atoms with Gasteiger partial charge in [-0.1, -0.05) is 23.8 Å². The molecule has 88 valence electrons. The summed E-state index contributed by atoms with van der Waals surface area (Å²) in [7, 11) is 0. The molecule has 0 spiro atoms. The number of anilines is 1. The number of nitrogens with zero attached hydrogens (tertiary/aromatic N) is 2. The Morgan fingerprint density at radius 3 is 2.88 bits per heavy atom. The molecular weight excluding hydrogens is 238 g/mol. The van der Waals surface area contributed by atoms with Crippen LogP contribution in [0.25, 0.3) is 0 Å². The maximum Gasteiger partial charge on any atom is 0.229 e. The van der Waals surface area contributed by atoms with Crippen LogP contribution in [0, 0.1) is 17.8 Å². The van der Waals surface area contributed by atoms with Crippen molar-refractivity contribution in [3.05, 3.63) is 29.7 Å². The highest BCUT2D eigenvalue weighted by molar-refractivity contribution is 6.29. The van der Waals surface area contributed by atoms with Crippen molar-refractivity contribution in [1.82, 2.24) is 9.97 Å². The molecule has 3 unspecified atom stereocenters. The lowest BCUT2D eigenvalue weighted by atomic mass is 9.93. The number of carbonyl (C=O) groups excluding carboxylic acids is 1. The zero-order chi connectivity index (χ0) is 11.8. The molecule has 1 N–H and O–H groups in total. The zero-order valence-corrected chi connectivity index (χ0v) is 9.89. The largest absolute Gasteiger partial charge is 0.309 e. The minimum atomic E-state index is 0.0263. The van der Waals surface area contributed by atoms with Crippen LogP contribution < -0.4 is 5.32 Å². The Hall–Kier alpha value is -1.42. The Bertz CT molecular complexity index is 488. The van der Waals surface area contributed by atoms with Crippen molar-refractivity contribution in [2.45, 2.75) is 12.8 Å². The Kier molecular flexibility index (Phi) is 2.59. The molecule has 1 fully saturated rings. The van der Waals surface area contributed by atoms with E-state index >= 15 is 0 Å². The number of amides is 1. The number of fused-ring (bicyclic) bond motifs is 2. The van der Waals surface area contributed by atoms with Gasteiger partial charge in [0, 0.05) is 5.92 Å². The van der Waals surface area contributed by atoms with Gasteiger partial charge in [-0.15, -0.1) is 0 Å². The molecule has 2 aliphatic carbocycles. The standard InChI is InChI=1S/C12H12ClN3O/c13-10-5-14-6-11(15-10)16-12(17)9-4-7-1-2-8(9)3-7/h1-2,5-9H,3-4H2,(H,15,16,17). The third-order valence-corrected chi connectivity index (χ3v) is 3.65. The fourth-order valence-electron chi connectivity index (χ4n) is 2.70. The molecule has 0 saturated heterocycles. The second-order valence-corrected chi connectivity index (χ2v) is 4.99. The van der Waals surface area contributed by atoms with E-state index in [1.807, 2.05) is 0 Å². The van der Waals surface area contributed by atoms with Gasteiger partial charge in [-0.05, 0) is 24.7 Å². The number of hydrogen-bond donors (Lipinski definition) is 1. The van der Waals surface area contributed by atoms with Crippen LogP contribution >= 0.6 is 11.6 Å². The highest BCUT2D eigenvalue weighted by Crippen LogP contribution is 2.43. The van der Waals surface area contributed by atoms with E-state index in [0.29, 0.717) is 17.7 Å². The van der Waals surface area contributed by atoms with Gasteiger partial charge < -0.3 is 5.32 Å². The van der Waals surface area contributed by atoms with Crippen molar-refractivity contribution in [3.63, 3.8) is 0 Å². The Labute approximate surface area is 104 Å². The number of halogens is 1. The minimum Gasteiger partial charge on any atom is -0.309 e. The molecule has 0 aromatic carbocycles. The summed E-state index contributed by atoms with van der Waals surface area (Å²) >= 11 is 5.71. The van der Waals surface area contributed by atoms with E-state index in [1.54, 1.807) is 0 Å². The van der Waals surface area contributed by atoms with Gasteiger partial charge in [0.25, 0.3) is 0 Å². The van der Waals surface area contributed by atoms with Crippen LogP contribution in [0.15, 0.2) is 24.5 Å². The van der Waals surface area contributed by atoms with Gasteiger partial charge in [0.15, 0.2) is 5.82 Å². The first-order valence-electron chi connectivity index (χ1n) is 5.69. The summed E-state index contributed by atoms with van der Waals surface area (Å²) in [6.45, 7) is 0. The van der Waals surface area contributed by atoms with Crippen molar-refractivity contribution in [2.24, 2.45) is 17.8 Å². The van der Waals surface area contributed by atoms with Gasteiger partial charge in [0.1, 0.15) is 5.15 Å². The molecule has 0 radical (unpaired) electrons. The molecular formula is C12H12ClN3O. The Balaban J connectivity index is 1.70. The lowest BCUT2D eigenvalue weighted by molar-refractivity contribution is -0.120. The lowest BCUT2D eigenvalue weighted by Crippen LogP contribution is -2.26. The van der Waals surface area contributed by atoms with Crippen molar-refractivity contribution in [3.8, 4) is 0 Å². The fraction of sp³-hybridized carbons (Fsp3) is 0.417. The average molecular weight is 250 g/mol. The summed E-state index contributed by atoms with van der Waals surface area (Å²) in [5, 5.41) is 3.07. The third kappa shape index (κ3) is 2.05. The van der Waals surface area contributed by atoms with E-state index in [-0.39, 0.29) is 17.0 Å². The van der Waals surface area contributed by atoms with Crippen LogP contribution in [0.5, 0.6) is 0 Å². The molecule has 0 aliphatic heterocycles. The van der Waals surface area contributed by atoms with Gasteiger partial charge in [0.05, 0.1) is 12.4 Å². The van der Waals surface area contributed by atoms with Gasteiger partial charge in [0.2, 0.25) is 5.91 Å². The van der Waals surface area contributed by atoms with Gasteiger partial charge in [-0.25, -0.2) is 4.98 Å². The quantitative estimate of drug-likeness (QED) is 0.818. The molecule has 5 heteroatoms. The van der Waals surface area contributed by atoms with Crippen LogP contribution in [0.3, 0.4) is 0 Å². The third-order valence-electron chi connectivity index (χ3n) is 3.47. The summed E-state index contributed by atoms with van der Waals surface area (Å²) in [6.07, 6.45) is 9.38. The zero-order valence-electron chi connectivity index (χ0n) is 9.14. The first kappa shape index (κ1) is 10.7. The first-order valence-corrected chi connectivity index (χ1v) is 6.07. The molecule has 1 heterocycles. The van der Waals surface area contributed by atoms with Crippen LogP contribution in [-0.2, 0) is 4.79 Å². The van der Waals surface area contributed by atoms with Crippen molar-refractivity contribution >= 4 is 23.3 Å². The van der Waals surface area contributed by atoms with Crippen LogP contribution in [0.4, 0.5) is 5.82 Å². The molecule has 1 amide bonds. The summed E-state index contributed by atoms with van der Waals surface area (Å²) in [6, 6.07) is 0. The van der Waals surface area contributed by atoms with Crippen molar-refractivity contribution < 1.29 is 4.79 Å². The first-order chi connectivity index (χ1) is 8.22. The number of aromatic nitrogens is 2. The number of rotatable bonds is 2. The molecule has 3 rings (SSSR count). The molecule has 1 aromatic rings. The van der Waals surface area contributed by atoms with E-state index in [1.165, 1.54) is 12.4 Å². The Morgan fingerprint density at radius 1 is 1.35 bits per heavy atom. The van der Waals surface area contributed by atoms with Gasteiger partial charge >= 0.3 is 0 Å². The molecule has 1 aromatic heterocycles. The molecule has 4 nitrogen and oxygen atoms in total. The normalized spacial score (nSPS) is 29.6. The minimum absolute atomic E-state index is 0.0263. The summed E-state index contributed by atoms with van der Waals surface area (Å²) < 4.78 is 0. The number of nitrogens with one attached hydrogen (secondary N) is 1. The summed E-state index contributed by atoms with van der Waals surface area (Å²) in [5.74, 6) is 1.51. The topological polar surface area (TPSA) is 54.9 Å². The van der Waals surface area contributed by atoms with Crippen LogP contribution in [0.2, 0.25) is 5.15 Å². The van der Waals surface area contributed by atoms with E-state index < -0.39 is 0 Å². The monoisotopic (exact) mass is 249 g/mol. The molecule has 1 saturated carbocycles. The van der Waals surface area contributed by atoms with E-state index in [4.69, 9.17) is 11.6 Å². The average Bonchev–Trinajstić information content (AvgIpc) is 2.90. The summed E-state index contributed by atoms with van der Waals surface area (Å²) in [5.41, 5.74) is 0. The number of allylic oxidation sites excluding steroid dienone is 2. The van der Waals surface area contributed by atoms with Crippen LogP contribution in [-0.4, -0.2) is 15.9 Å². The lowest BCUT2D eigenvalue weighted by Gasteiger charge is -2.16. The molecule has 3 atom stereocenters. The van der Waals surface area contributed by atoms with E-state index in [2.05, 4.69) is 27.4 Å². The van der Waals surface area contributed by atoms with Crippen molar-refractivity contribution in [1.29, 1.82) is 0 Å². The Morgan fingerprint density at radius 2 is 2.24 bits per heavy atom. The van der Waals surface area contributed by atoms with Crippen molar-refractivity contribution in [2.75, 3.05) is 5.32 Å². The second kappa shape index (κ2) is 4.11. The maximum atomic E-state index is 12.1. The highest BCUT2D eigenvalue weighted by Gasteiger charge is 2.39. The number of carbonyl (C=O) groups is 1. The molecule has 17 heavy (non-hydrogen) atoms. The predicted octanol–water partition coefficient (Wildman–Crippen LogP) is 2.28. The SMILES string of the molecule is O=C(Nc1cncc(Cl)n1)C1CC2C=CC1C2.